The molecule has 0 unspecified atom stereocenters. The van der Waals surface area contributed by atoms with Crippen LogP contribution in [0, 0.1) is 5.92 Å². The first kappa shape index (κ1) is 27.5. The van der Waals surface area contributed by atoms with Crippen LogP contribution in [0.4, 0.5) is 13.2 Å². The zero-order valence-corrected chi connectivity index (χ0v) is 22.2. The van der Waals surface area contributed by atoms with Crippen LogP contribution in [0.5, 0.6) is 0 Å². The lowest BCUT2D eigenvalue weighted by Crippen LogP contribution is -2.25. The molecule has 2 aromatic carbocycles. The van der Waals surface area contributed by atoms with E-state index in [0.29, 0.717) is 41.8 Å². The number of nitrogens with one attached hydrogen (secondary N) is 1. The number of halogens is 3. The van der Waals surface area contributed by atoms with Crippen LogP contribution in [0.1, 0.15) is 76.6 Å². The van der Waals surface area contributed by atoms with Crippen LogP contribution in [0.2, 0.25) is 0 Å². The minimum Gasteiger partial charge on any atom is -0.351 e. The van der Waals surface area contributed by atoms with Gasteiger partial charge in [0, 0.05) is 41.9 Å². The van der Waals surface area contributed by atoms with Gasteiger partial charge in [-0.25, -0.2) is 0 Å². The summed E-state index contributed by atoms with van der Waals surface area (Å²) in [5, 5.41) is 3.26. The first-order valence-electron chi connectivity index (χ1n) is 13.6. The van der Waals surface area contributed by atoms with Crippen molar-refractivity contribution in [1.29, 1.82) is 0 Å². The topological polar surface area (TPSA) is 72.0 Å². The summed E-state index contributed by atoms with van der Waals surface area (Å²) in [6.45, 7) is 2.51. The fourth-order valence-corrected chi connectivity index (χ4v) is 4.85. The molecule has 40 heavy (non-hydrogen) atoms. The van der Waals surface area contributed by atoms with E-state index in [1.165, 1.54) is 30.6 Å². The summed E-state index contributed by atoms with van der Waals surface area (Å²) in [5.41, 5.74) is 1.66. The third-order valence-corrected chi connectivity index (χ3v) is 7.24. The molecule has 0 saturated heterocycles. The number of Topliss-reactive ketones (excluding diaryl/α,β-unsaturated/α-hetero) is 1. The summed E-state index contributed by atoms with van der Waals surface area (Å²) in [6, 6.07) is 15.0. The number of rotatable bonds is 10. The SMILES string of the molecule is CCCCNC(=O)c1ccc(-c2cc3c(Cc4ccccc4)c(C(=O)CC4CC4)cnc3cc2C(F)(F)F)cn1. The lowest BCUT2D eigenvalue weighted by atomic mass is 9.90. The molecule has 1 aliphatic rings. The summed E-state index contributed by atoms with van der Waals surface area (Å²) in [5.74, 6) is -0.0493. The molecule has 206 valence electrons. The van der Waals surface area contributed by atoms with Crippen LogP contribution in [0.3, 0.4) is 0 Å². The molecule has 2 heterocycles. The first-order valence-corrected chi connectivity index (χ1v) is 13.6. The Morgan fingerprint density at radius 3 is 2.42 bits per heavy atom. The van der Waals surface area contributed by atoms with Crippen molar-refractivity contribution in [2.75, 3.05) is 6.54 Å². The van der Waals surface area contributed by atoms with Crippen molar-refractivity contribution in [2.45, 2.75) is 51.6 Å². The normalized spacial score (nSPS) is 13.4. The molecule has 1 N–H and O–H groups in total. The minimum atomic E-state index is -4.65. The van der Waals surface area contributed by atoms with E-state index in [1.54, 1.807) is 0 Å². The van der Waals surface area contributed by atoms with E-state index >= 15 is 0 Å². The van der Waals surface area contributed by atoms with Gasteiger partial charge in [-0.3, -0.25) is 19.6 Å². The monoisotopic (exact) mass is 545 g/mol. The molecule has 0 spiro atoms. The van der Waals surface area contributed by atoms with Gasteiger partial charge in [-0.1, -0.05) is 49.7 Å². The summed E-state index contributed by atoms with van der Waals surface area (Å²) >= 11 is 0. The minimum absolute atomic E-state index is 0.0376. The maximum absolute atomic E-state index is 14.3. The second-order valence-electron chi connectivity index (χ2n) is 10.3. The fourth-order valence-electron chi connectivity index (χ4n) is 4.85. The van der Waals surface area contributed by atoms with Gasteiger partial charge >= 0.3 is 6.18 Å². The van der Waals surface area contributed by atoms with Gasteiger partial charge in [-0.2, -0.15) is 13.2 Å². The Balaban J connectivity index is 1.62. The van der Waals surface area contributed by atoms with E-state index < -0.39 is 11.7 Å². The van der Waals surface area contributed by atoms with E-state index in [9.17, 15) is 22.8 Å². The summed E-state index contributed by atoms with van der Waals surface area (Å²) in [4.78, 5) is 34.1. The number of carbonyl (C=O) groups excluding carboxylic acids is 2. The number of benzene rings is 2. The first-order chi connectivity index (χ1) is 19.2. The summed E-state index contributed by atoms with van der Waals surface area (Å²) in [7, 11) is 0. The second kappa shape index (κ2) is 11.6. The highest BCUT2D eigenvalue weighted by Crippen LogP contribution is 2.41. The van der Waals surface area contributed by atoms with Crippen molar-refractivity contribution in [3.05, 3.63) is 94.9 Å². The molecule has 0 radical (unpaired) electrons. The molecule has 0 bridgehead atoms. The predicted octanol–water partition coefficient (Wildman–Crippen LogP) is 7.42. The number of ketones is 1. The number of fused-ring (bicyclic) bond motifs is 1. The Hall–Kier alpha value is -4.07. The van der Waals surface area contributed by atoms with Crippen molar-refractivity contribution in [2.24, 2.45) is 5.92 Å². The van der Waals surface area contributed by atoms with Crippen molar-refractivity contribution in [3.63, 3.8) is 0 Å². The average molecular weight is 546 g/mol. The Kier molecular flexibility index (Phi) is 7.96. The Bertz CT molecular complexity index is 1530. The van der Waals surface area contributed by atoms with Gasteiger partial charge < -0.3 is 5.32 Å². The zero-order chi connectivity index (χ0) is 28.3. The van der Waals surface area contributed by atoms with Gasteiger partial charge in [0.25, 0.3) is 5.91 Å². The van der Waals surface area contributed by atoms with Crippen molar-refractivity contribution >= 4 is 22.6 Å². The molecular weight excluding hydrogens is 515 g/mol. The number of amides is 1. The molecule has 1 saturated carbocycles. The summed E-state index contributed by atoms with van der Waals surface area (Å²) < 4.78 is 42.8. The van der Waals surface area contributed by atoms with E-state index in [-0.39, 0.29) is 34.0 Å². The number of hydrogen-bond acceptors (Lipinski definition) is 4. The predicted molar refractivity (Wildman–Crippen MR) is 148 cm³/mol. The van der Waals surface area contributed by atoms with Gasteiger partial charge in [-0.15, -0.1) is 0 Å². The quantitative estimate of drug-likeness (QED) is 0.166. The standard InChI is InChI=1S/C32H30F3N3O2/c1-2-3-13-36-31(40)28-12-11-22(18-37-28)23-16-25-24(14-20-7-5-4-6-8-20)26(30(39)15-21-9-10-21)19-38-29(25)17-27(23)32(33,34)35/h4-8,11-12,16-19,21H,2-3,9-10,13-15H2,1H3,(H,36,40). The van der Waals surface area contributed by atoms with Gasteiger partial charge in [0.1, 0.15) is 5.69 Å². The van der Waals surface area contributed by atoms with Crippen LogP contribution in [0.25, 0.3) is 22.0 Å². The van der Waals surface area contributed by atoms with Crippen molar-refractivity contribution < 1.29 is 22.8 Å². The number of nitrogens with zero attached hydrogens (tertiary/aromatic N) is 2. The maximum atomic E-state index is 14.3. The third kappa shape index (κ3) is 6.22. The number of hydrogen-bond donors (Lipinski definition) is 1. The fraction of sp³-hybridized carbons (Fsp3) is 0.312. The molecule has 1 aliphatic carbocycles. The highest BCUT2D eigenvalue weighted by atomic mass is 19.4. The highest BCUT2D eigenvalue weighted by molar-refractivity contribution is 6.03. The van der Waals surface area contributed by atoms with Gasteiger partial charge in [0.05, 0.1) is 11.1 Å². The molecule has 0 aliphatic heterocycles. The lowest BCUT2D eigenvalue weighted by molar-refractivity contribution is -0.137. The number of unbranched alkanes of at least 4 members (excludes halogenated alkanes) is 1. The molecule has 2 aromatic heterocycles. The van der Waals surface area contributed by atoms with E-state index in [2.05, 4.69) is 15.3 Å². The van der Waals surface area contributed by atoms with E-state index in [0.717, 1.165) is 37.3 Å². The lowest BCUT2D eigenvalue weighted by Gasteiger charge is -2.18. The number of pyridine rings is 2. The van der Waals surface area contributed by atoms with Crippen LogP contribution < -0.4 is 5.32 Å². The molecule has 1 amide bonds. The second-order valence-corrected chi connectivity index (χ2v) is 10.3. The molecule has 4 aromatic rings. The van der Waals surface area contributed by atoms with Gasteiger partial charge in [-0.05, 0) is 66.5 Å². The van der Waals surface area contributed by atoms with E-state index in [1.807, 2.05) is 37.3 Å². The van der Waals surface area contributed by atoms with Crippen LogP contribution in [-0.4, -0.2) is 28.2 Å². The van der Waals surface area contributed by atoms with Gasteiger partial charge in [0.15, 0.2) is 5.78 Å². The number of alkyl halides is 3. The summed E-state index contributed by atoms with van der Waals surface area (Å²) in [6.07, 6.45) is 2.63. The highest BCUT2D eigenvalue weighted by Gasteiger charge is 2.35. The number of aromatic nitrogens is 2. The molecular formula is C32H30F3N3O2. The zero-order valence-electron chi connectivity index (χ0n) is 22.2. The van der Waals surface area contributed by atoms with Crippen LogP contribution >= 0.6 is 0 Å². The largest absolute Gasteiger partial charge is 0.417 e. The van der Waals surface area contributed by atoms with Gasteiger partial charge in [0.2, 0.25) is 0 Å². The van der Waals surface area contributed by atoms with Crippen molar-refractivity contribution in [1.82, 2.24) is 15.3 Å². The van der Waals surface area contributed by atoms with Crippen LogP contribution in [0.15, 0.2) is 67.0 Å². The maximum Gasteiger partial charge on any atom is 0.417 e. The molecule has 8 heteroatoms. The Morgan fingerprint density at radius 2 is 1.77 bits per heavy atom. The third-order valence-electron chi connectivity index (χ3n) is 7.24. The molecule has 0 atom stereocenters. The van der Waals surface area contributed by atoms with E-state index in [4.69, 9.17) is 0 Å². The Labute approximate surface area is 230 Å². The molecule has 1 fully saturated rings. The number of carbonyl (C=O) groups is 2. The molecule has 5 rings (SSSR count). The van der Waals surface area contributed by atoms with Crippen LogP contribution in [-0.2, 0) is 12.6 Å². The van der Waals surface area contributed by atoms with Crippen molar-refractivity contribution in [3.8, 4) is 11.1 Å². The average Bonchev–Trinajstić information content (AvgIpc) is 3.77. The Morgan fingerprint density at radius 1 is 1.00 bits per heavy atom. The molecule has 5 nitrogen and oxygen atoms in total. The smallest absolute Gasteiger partial charge is 0.351 e.